The first kappa shape index (κ1) is 26.2. The zero-order chi connectivity index (χ0) is 25.9. The SMILES string of the molecule is CC(C)(C)c1ccc(C(=O)NCc2nnc(SCc3ccc(F)cc3)n2-c2ccc(Cl)cc2Cl)cc1. The van der Waals surface area contributed by atoms with E-state index in [0.717, 1.165) is 11.1 Å². The summed E-state index contributed by atoms with van der Waals surface area (Å²) in [7, 11) is 0. The number of rotatable bonds is 7. The minimum atomic E-state index is -0.286. The first-order valence-corrected chi connectivity index (χ1v) is 13.0. The fourth-order valence-corrected chi connectivity index (χ4v) is 4.94. The van der Waals surface area contributed by atoms with Crippen molar-refractivity contribution in [1.82, 2.24) is 20.1 Å². The van der Waals surface area contributed by atoms with Crippen LogP contribution in [0.5, 0.6) is 0 Å². The van der Waals surface area contributed by atoms with Gasteiger partial charge in [0.1, 0.15) is 5.82 Å². The normalized spacial score (nSPS) is 11.5. The number of hydrogen-bond acceptors (Lipinski definition) is 4. The minimum Gasteiger partial charge on any atom is -0.345 e. The predicted octanol–water partition coefficient (Wildman–Crippen LogP) is 7.23. The van der Waals surface area contributed by atoms with Crippen LogP contribution in [0.25, 0.3) is 5.69 Å². The highest BCUT2D eigenvalue weighted by atomic mass is 35.5. The molecule has 0 bridgehead atoms. The van der Waals surface area contributed by atoms with E-state index in [-0.39, 0.29) is 23.7 Å². The van der Waals surface area contributed by atoms with Gasteiger partial charge in [-0.1, -0.05) is 80.0 Å². The maximum atomic E-state index is 13.3. The van der Waals surface area contributed by atoms with Gasteiger partial charge in [-0.25, -0.2) is 4.39 Å². The van der Waals surface area contributed by atoms with Gasteiger partial charge in [-0.05, 0) is 59.0 Å². The molecule has 1 heterocycles. The lowest BCUT2D eigenvalue weighted by Crippen LogP contribution is -2.25. The average molecular weight is 543 g/mol. The highest BCUT2D eigenvalue weighted by molar-refractivity contribution is 7.98. The summed E-state index contributed by atoms with van der Waals surface area (Å²) in [5.41, 5.74) is 3.30. The molecule has 9 heteroatoms. The largest absolute Gasteiger partial charge is 0.345 e. The van der Waals surface area contributed by atoms with Crippen LogP contribution in [-0.4, -0.2) is 20.7 Å². The Bertz CT molecular complexity index is 1370. The molecular weight excluding hydrogens is 518 g/mol. The fraction of sp³-hybridized carbons (Fsp3) is 0.222. The van der Waals surface area contributed by atoms with E-state index < -0.39 is 0 Å². The van der Waals surface area contributed by atoms with Crippen LogP contribution >= 0.6 is 35.0 Å². The summed E-state index contributed by atoms with van der Waals surface area (Å²) in [6, 6.07) is 19.0. The molecule has 1 amide bonds. The molecule has 5 nitrogen and oxygen atoms in total. The molecule has 186 valence electrons. The number of halogens is 3. The molecule has 4 aromatic rings. The van der Waals surface area contributed by atoms with Crippen molar-refractivity contribution in [2.45, 2.75) is 43.6 Å². The highest BCUT2D eigenvalue weighted by Gasteiger charge is 2.19. The van der Waals surface area contributed by atoms with Gasteiger partial charge in [-0.3, -0.25) is 9.36 Å². The zero-order valence-corrected chi connectivity index (χ0v) is 22.4. The van der Waals surface area contributed by atoms with Crippen LogP contribution < -0.4 is 5.32 Å². The fourth-order valence-electron chi connectivity index (χ4n) is 3.52. The van der Waals surface area contributed by atoms with Gasteiger partial charge in [0.25, 0.3) is 5.91 Å². The van der Waals surface area contributed by atoms with Crippen LogP contribution in [-0.2, 0) is 17.7 Å². The van der Waals surface area contributed by atoms with Crippen molar-refractivity contribution in [3.8, 4) is 5.69 Å². The standard InChI is InChI=1S/C27H25Cl2FN4OS/c1-27(2,3)19-8-6-18(7-9-19)25(35)31-15-24-32-33-26(36-16-17-4-11-21(30)12-5-17)34(24)23-13-10-20(28)14-22(23)29/h4-14H,15-16H2,1-3H3,(H,31,35). The molecule has 0 radical (unpaired) electrons. The Labute approximate surface area is 224 Å². The van der Waals surface area contributed by atoms with Gasteiger partial charge in [0, 0.05) is 16.3 Å². The molecule has 0 aliphatic carbocycles. The number of amides is 1. The van der Waals surface area contributed by atoms with E-state index >= 15 is 0 Å². The van der Waals surface area contributed by atoms with Crippen LogP contribution in [0.15, 0.2) is 71.9 Å². The van der Waals surface area contributed by atoms with E-state index in [4.69, 9.17) is 23.2 Å². The average Bonchev–Trinajstić information content (AvgIpc) is 3.24. The Morgan fingerprint density at radius 2 is 1.69 bits per heavy atom. The lowest BCUT2D eigenvalue weighted by atomic mass is 9.87. The van der Waals surface area contributed by atoms with Crippen LogP contribution in [0.4, 0.5) is 4.39 Å². The van der Waals surface area contributed by atoms with Crippen LogP contribution in [0.2, 0.25) is 10.0 Å². The van der Waals surface area contributed by atoms with E-state index in [9.17, 15) is 9.18 Å². The summed E-state index contributed by atoms with van der Waals surface area (Å²) in [6.45, 7) is 6.52. The van der Waals surface area contributed by atoms with Gasteiger partial charge < -0.3 is 5.32 Å². The Balaban J connectivity index is 1.56. The van der Waals surface area contributed by atoms with E-state index in [1.54, 1.807) is 34.9 Å². The van der Waals surface area contributed by atoms with E-state index in [0.29, 0.717) is 38.0 Å². The second-order valence-electron chi connectivity index (χ2n) is 9.26. The second kappa shape index (κ2) is 11.0. The van der Waals surface area contributed by atoms with Crippen molar-refractivity contribution in [1.29, 1.82) is 0 Å². The molecule has 1 aromatic heterocycles. The summed E-state index contributed by atoms with van der Waals surface area (Å²) in [6.07, 6.45) is 0. The Hall–Kier alpha value is -2.87. The zero-order valence-electron chi connectivity index (χ0n) is 20.1. The molecular formula is C27H25Cl2FN4OS. The molecule has 0 saturated heterocycles. The number of hydrogen-bond donors (Lipinski definition) is 1. The summed E-state index contributed by atoms with van der Waals surface area (Å²) in [4.78, 5) is 12.8. The van der Waals surface area contributed by atoms with Gasteiger partial charge in [0.05, 0.1) is 17.3 Å². The molecule has 4 rings (SSSR count). The summed E-state index contributed by atoms with van der Waals surface area (Å²) in [5.74, 6) is 0.565. The monoisotopic (exact) mass is 542 g/mol. The van der Waals surface area contributed by atoms with Gasteiger partial charge in [0.15, 0.2) is 11.0 Å². The van der Waals surface area contributed by atoms with Crippen molar-refractivity contribution in [3.63, 3.8) is 0 Å². The number of benzene rings is 3. The third kappa shape index (κ3) is 6.27. The Morgan fingerprint density at radius 1 is 1.00 bits per heavy atom. The molecule has 0 spiro atoms. The Morgan fingerprint density at radius 3 is 2.33 bits per heavy atom. The van der Waals surface area contributed by atoms with E-state index in [1.165, 1.54) is 23.9 Å². The third-order valence-corrected chi connectivity index (χ3v) is 7.09. The number of carbonyl (C=O) groups excluding carboxylic acids is 1. The Kier molecular flexibility index (Phi) is 8.03. The lowest BCUT2D eigenvalue weighted by Gasteiger charge is -2.19. The maximum absolute atomic E-state index is 13.3. The second-order valence-corrected chi connectivity index (χ2v) is 11.0. The van der Waals surface area contributed by atoms with Crippen molar-refractivity contribution in [3.05, 3.63) is 105 Å². The molecule has 0 fully saturated rings. The van der Waals surface area contributed by atoms with Crippen molar-refractivity contribution in [2.24, 2.45) is 0 Å². The number of nitrogens with zero attached hydrogens (tertiary/aromatic N) is 3. The van der Waals surface area contributed by atoms with E-state index in [1.807, 2.05) is 24.3 Å². The lowest BCUT2D eigenvalue weighted by molar-refractivity contribution is 0.0949. The topological polar surface area (TPSA) is 59.8 Å². The molecule has 0 aliphatic rings. The van der Waals surface area contributed by atoms with Crippen molar-refractivity contribution < 1.29 is 9.18 Å². The van der Waals surface area contributed by atoms with Crippen molar-refractivity contribution >= 4 is 40.9 Å². The van der Waals surface area contributed by atoms with Crippen LogP contribution in [0, 0.1) is 5.82 Å². The molecule has 0 atom stereocenters. The predicted molar refractivity (Wildman–Crippen MR) is 144 cm³/mol. The highest BCUT2D eigenvalue weighted by Crippen LogP contribution is 2.31. The molecule has 0 unspecified atom stereocenters. The van der Waals surface area contributed by atoms with Gasteiger partial charge >= 0.3 is 0 Å². The smallest absolute Gasteiger partial charge is 0.251 e. The molecule has 3 aromatic carbocycles. The summed E-state index contributed by atoms with van der Waals surface area (Å²) in [5, 5.41) is 13.1. The molecule has 0 saturated carbocycles. The van der Waals surface area contributed by atoms with Gasteiger partial charge in [-0.2, -0.15) is 0 Å². The minimum absolute atomic E-state index is 0.00521. The molecule has 1 N–H and O–H groups in total. The van der Waals surface area contributed by atoms with Gasteiger partial charge in [-0.15, -0.1) is 10.2 Å². The first-order chi connectivity index (χ1) is 17.1. The quantitative estimate of drug-likeness (QED) is 0.250. The number of carbonyl (C=O) groups is 1. The number of thioether (sulfide) groups is 1. The third-order valence-electron chi connectivity index (χ3n) is 5.55. The number of aromatic nitrogens is 3. The van der Waals surface area contributed by atoms with Crippen molar-refractivity contribution in [2.75, 3.05) is 0 Å². The van der Waals surface area contributed by atoms with Gasteiger partial charge in [0.2, 0.25) is 0 Å². The summed E-state index contributed by atoms with van der Waals surface area (Å²) >= 11 is 14.0. The number of nitrogens with one attached hydrogen (secondary N) is 1. The first-order valence-electron chi connectivity index (χ1n) is 11.3. The molecule has 0 aliphatic heterocycles. The van der Waals surface area contributed by atoms with Crippen LogP contribution in [0.1, 0.15) is 48.1 Å². The van der Waals surface area contributed by atoms with Crippen LogP contribution in [0.3, 0.4) is 0 Å². The summed E-state index contributed by atoms with van der Waals surface area (Å²) < 4.78 is 15.1. The molecule has 36 heavy (non-hydrogen) atoms. The van der Waals surface area contributed by atoms with E-state index in [2.05, 4.69) is 36.3 Å². The maximum Gasteiger partial charge on any atom is 0.251 e.